The number of carbonyl (C=O) groups is 1. The van der Waals surface area contributed by atoms with Crippen molar-refractivity contribution in [3.63, 3.8) is 0 Å². The zero-order valence-corrected chi connectivity index (χ0v) is 8.51. The van der Waals surface area contributed by atoms with Crippen LogP contribution in [0.5, 0.6) is 0 Å². The minimum atomic E-state index is -0.493. The van der Waals surface area contributed by atoms with Crippen LogP contribution in [0.25, 0.3) is 0 Å². The normalized spacial score (nSPS) is 18.4. The Morgan fingerprint density at radius 2 is 2.14 bits per heavy atom. The van der Waals surface area contributed by atoms with Crippen LogP contribution in [-0.4, -0.2) is 24.3 Å². The summed E-state index contributed by atoms with van der Waals surface area (Å²) in [5.74, 6) is 4.81. The quantitative estimate of drug-likeness (QED) is 0.409. The van der Waals surface area contributed by atoms with E-state index in [0.717, 1.165) is 25.7 Å². The molecule has 0 atom stereocenters. The molecule has 1 N–H and O–H groups in total. The lowest BCUT2D eigenvalue weighted by molar-refractivity contribution is -0.136. The maximum atomic E-state index is 11.0. The SMILES string of the molecule is CCOC(=O)C#CC1(CO)CCCC1. The Morgan fingerprint density at radius 1 is 1.50 bits per heavy atom. The second kappa shape index (κ2) is 5.02. The average Bonchev–Trinajstić information content (AvgIpc) is 2.65. The summed E-state index contributed by atoms with van der Waals surface area (Å²) in [5.41, 5.74) is -0.341. The number of hydrogen-bond donors (Lipinski definition) is 1. The second-order valence-electron chi connectivity index (χ2n) is 3.62. The Hall–Kier alpha value is -1.01. The second-order valence-corrected chi connectivity index (χ2v) is 3.62. The zero-order valence-electron chi connectivity index (χ0n) is 8.51. The van der Waals surface area contributed by atoms with E-state index < -0.39 is 5.97 Å². The summed E-state index contributed by atoms with van der Waals surface area (Å²) in [4.78, 5) is 11.0. The van der Waals surface area contributed by atoms with Gasteiger partial charge in [0.25, 0.3) is 0 Å². The van der Waals surface area contributed by atoms with Crippen molar-refractivity contribution in [2.75, 3.05) is 13.2 Å². The standard InChI is InChI=1S/C11H16O3/c1-2-14-10(13)5-8-11(9-12)6-3-4-7-11/h12H,2-4,6-7,9H2,1H3. The molecule has 0 unspecified atom stereocenters. The van der Waals surface area contributed by atoms with E-state index in [1.165, 1.54) is 0 Å². The highest BCUT2D eigenvalue weighted by atomic mass is 16.5. The largest absolute Gasteiger partial charge is 0.456 e. The molecule has 78 valence electrons. The van der Waals surface area contributed by atoms with E-state index in [1.54, 1.807) is 6.92 Å². The smallest absolute Gasteiger partial charge is 0.384 e. The minimum absolute atomic E-state index is 0.0411. The Kier molecular flexibility index (Phi) is 3.97. The Balaban J connectivity index is 2.58. The summed E-state index contributed by atoms with van der Waals surface area (Å²) in [6.07, 6.45) is 3.93. The van der Waals surface area contributed by atoms with Crippen LogP contribution in [0.3, 0.4) is 0 Å². The molecule has 0 radical (unpaired) electrons. The maximum Gasteiger partial charge on any atom is 0.384 e. The third-order valence-electron chi connectivity index (χ3n) is 2.57. The third kappa shape index (κ3) is 2.74. The highest BCUT2D eigenvalue weighted by Gasteiger charge is 2.31. The molecule has 0 spiro atoms. The van der Waals surface area contributed by atoms with E-state index in [2.05, 4.69) is 11.8 Å². The molecule has 3 nitrogen and oxygen atoms in total. The first-order valence-corrected chi connectivity index (χ1v) is 5.03. The van der Waals surface area contributed by atoms with Crippen LogP contribution in [0, 0.1) is 17.3 Å². The molecule has 3 heteroatoms. The number of carbonyl (C=O) groups excluding carboxylic acids is 1. The van der Waals surface area contributed by atoms with Gasteiger partial charge in [0.1, 0.15) is 0 Å². The van der Waals surface area contributed by atoms with Gasteiger partial charge < -0.3 is 9.84 Å². The number of hydrogen-bond acceptors (Lipinski definition) is 3. The molecule has 0 aromatic carbocycles. The van der Waals surface area contributed by atoms with E-state index >= 15 is 0 Å². The van der Waals surface area contributed by atoms with Gasteiger partial charge in [-0.3, -0.25) is 0 Å². The van der Waals surface area contributed by atoms with Crippen molar-refractivity contribution >= 4 is 5.97 Å². The van der Waals surface area contributed by atoms with Crippen LogP contribution < -0.4 is 0 Å². The van der Waals surface area contributed by atoms with Crippen LogP contribution in [-0.2, 0) is 9.53 Å². The molecule has 0 aromatic heterocycles. The molecule has 1 rings (SSSR count). The summed E-state index contributed by atoms with van der Waals surface area (Å²) >= 11 is 0. The highest BCUT2D eigenvalue weighted by Crippen LogP contribution is 2.36. The highest BCUT2D eigenvalue weighted by molar-refractivity contribution is 5.88. The topological polar surface area (TPSA) is 46.5 Å². The Labute approximate surface area is 84.5 Å². The fraction of sp³-hybridized carbons (Fsp3) is 0.727. The van der Waals surface area contributed by atoms with Crippen LogP contribution in [0.15, 0.2) is 0 Å². The lowest BCUT2D eigenvalue weighted by atomic mass is 9.88. The van der Waals surface area contributed by atoms with Crippen molar-refractivity contribution in [1.29, 1.82) is 0 Å². The lowest BCUT2D eigenvalue weighted by Crippen LogP contribution is -2.19. The van der Waals surface area contributed by atoms with Crippen LogP contribution in [0.1, 0.15) is 32.6 Å². The van der Waals surface area contributed by atoms with E-state index in [1.807, 2.05) is 0 Å². The van der Waals surface area contributed by atoms with Crippen molar-refractivity contribution in [2.45, 2.75) is 32.6 Å². The van der Waals surface area contributed by atoms with Gasteiger partial charge in [-0.2, -0.15) is 0 Å². The van der Waals surface area contributed by atoms with Crippen molar-refractivity contribution in [3.8, 4) is 11.8 Å². The molecule has 0 heterocycles. The molecular formula is C11H16O3. The molecule has 1 fully saturated rings. The van der Waals surface area contributed by atoms with E-state index in [0.29, 0.717) is 6.61 Å². The van der Waals surface area contributed by atoms with Gasteiger partial charge in [-0.05, 0) is 19.8 Å². The first kappa shape index (κ1) is 11.1. The minimum Gasteiger partial charge on any atom is -0.456 e. The molecular weight excluding hydrogens is 180 g/mol. The van der Waals surface area contributed by atoms with Crippen LogP contribution in [0.2, 0.25) is 0 Å². The number of esters is 1. The van der Waals surface area contributed by atoms with Gasteiger partial charge in [-0.15, -0.1) is 0 Å². The molecule has 0 amide bonds. The Bertz CT molecular complexity index is 253. The maximum absolute atomic E-state index is 11.0. The molecule has 0 saturated heterocycles. The number of ether oxygens (including phenoxy) is 1. The van der Waals surface area contributed by atoms with E-state index in [-0.39, 0.29) is 12.0 Å². The molecule has 1 aliphatic carbocycles. The predicted molar refractivity (Wildman–Crippen MR) is 52.4 cm³/mol. The third-order valence-corrected chi connectivity index (χ3v) is 2.57. The molecule has 1 aliphatic rings. The average molecular weight is 196 g/mol. The van der Waals surface area contributed by atoms with Crippen molar-refractivity contribution in [1.82, 2.24) is 0 Å². The molecule has 0 aliphatic heterocycles. The van der Waals surface area contributed by atoms with Crippen molar-refractivity contribution in [2.24, 2.45) is 5.41 Å². The van der Waals surface area contributed by atoms with Crippen LogP contribution in [0.4, 0.5) is 0 Å². The number of aliphatic hydroxyl groups is 1. The van der Waals surface area contributed by atoms with Gasteiger partial charge in [0.2, 0.25) is 0 Å². The first-order chi connectivity index (χ1) is 6.72. The number of rotatable bonds is 2. The fourth-order valence-electron chi connectivity index (χ4n) is 1.73. The summed E-state index contributed by atoms with van der Waals surface area (Å²) in [6.45, 7) is 2.13. The van der Waals surface area contributed by atoms with Gasteiger partial charge >= 0.3 is 5.97 Å². The Morgan fingerprint density at radius 3 is 2.64 bits per heavy atom. The fourth-order valence-corrected chi connectivity index (χ4v) is 1.73. The first-order valence-electron chi connectivity index (χ1n) is 5.03. The van der Waals surface area contributed by atoms with E-state index in [9.17, 15) is 9.90 Å². The van der Waals surface area contributed by atoms with Gasteiger partial charge in [-0.25, -0.2) is 4.79 Å². The predicted octanol–water partition coefficient (Wildman–Crippen LogP) is 1.11. The van der Waals surface area contributed by atoms with Crippen LogP contribution >= 0.6 is 0 Å². The molecule has 14 heavy (non-hydrogen) atoms. The van der Waals surface area contributed by atoms with Gasteiger partial charge in [0, 0.05) is 5.92 Å². The van der Waals surface area contributed by atoms with Crippen molar-refractivity contribution < 1.29 is 14.6 Å². The lowest BCUT2D eigenvalue weighted by Gasteiger charge is -2.17. The molecule has 1 saturated carbocycles. The summed E-state index contributed by atoms with van der Waals surface area (Å²) in [6, 6.07) is 0. The van der Waals surface area contributed by atoms with Gasteiger partial charge in [0.15, 0.2) is 0 Å². The number of aliphatic hydroxyl groups excluding tert-OH is 1. The van der Waals surface area contributed by atoms with Gasteiger partial charge in [-0.1, -0.05) is 18.8 Å². The molecule has 0 bridgehead atoms. The summed E-state index contributed by atoms with van der Waals surface area (Å²) in [5, 5.41) is 9.20. The van der Waals surface area contributed by atoms with Crippen molar-refractivity contribution in [3.05, 3.63) is 0 Å². The summed E-state index contributed by atoms with van der Waals surface area (Å²) < 4.78 is 4.70. The monoisotopic (exact) mass is 196 g/mol. The summed E-state index contributed by atoms with van der Waals surface area (Å²) in [7, 11) is 0. The van der Waals surface area contributed by atoms with E-state index in [4.69, 9.17) is 4.74 Å². The molecule has 0 aromatic rings. The van der Waals surface area contributed by atoms with Gasteiger partial charge in [0.05, 0.1) is 18.6 Å². The zero-order chi connectivity index (χ0) is 10.4.